The van der Waals surface area contributed by atoms with Crippen LogP contribution in [0.2, 0.25) is 0 Å². The fraction of sp³-hybridized carbons (Fsp3) is 0.312. The largest absolute Gasteiger partial charge is 0.310 e. The summed E-state index contributed by atoms with van der Waals surface area (Å²) in [6, 6.07) is 7.63. The first-order chi connectivity index (χ1) is 11.6. The summed E-state index contributed by atoms with van der Waals surface area (Å²) in [6.07, 6.45) is 2.80. The average molecular weight is 369 g/mol. The SMILES string of the molecule is CN(N)c1c(F)ccc(C2CC2)c1SCc1cccs1.NNC=O. The van der Waals surface area contributed by atoms with E-state index in [2.05, 4.69) is 17.3 Å². The lowest BCUT2D eigenvalue weighted by atomic mass is 10.1. The van der Waals surface area contributed by atoms with Crippen LogP contribution >= 0.6 is 23.1 Å². The maximum absolute atomic E-state index is 14.1. The molecule has 1 aliphatic carbocycles. The van der Waals surface area contributed by atoms with Crippen LogP contribution < -0.4 is 22.1 Å². The van der Waals surface area contributed by atoms with E-state index in [1.54, 1.807) is 41.6 Å². The highest BCUT2D eigenvalue weighted by molar-refractivity contribution is 7.98. The smallest absolute Gasteiger partial charge is 0.221 e. The molecule has 1 aromatic carbocycles. The van der Waals surface area contributed by atoms with Crippen molar-refractivity contribution >= 4 is 35.2 Å². The van der Waals surface area contributed by atoms with E-state index in [9.17, 15) is 4.39 Å². The van der Waals surface area contributed by atoms with Crippen molar-refractivity contribution in [3.05, 3.63) is 45.9 Å². The van der Waals surface area contributed by atoms with Gasteiger partial charge in [-0.3, -0.25) is 10.2 Å². The third-order valence-electron chi connectivity index (χ3n) is 3.49. The standard InChI is InChI=1S/C15H17FN2S2.CH4N2O/c1-18(17)14-13(16)7-6-12(10-4-5-10)15(14)20-9-11-3-2-8-19-11;2-3-1-4/h2-3,6-8,10H,4-5,9,17H2,1H3;1H,2H2,(H,3,4). The second-order valence-electron chi connectivity index (χ2n) is 5.35. The van der Waals surface area contributed by atoms with Crippen molar-refractivity contribution in [2.24, 2.45) is 11.7 Å². The van der Waals surface area contributed by atoms with Crippen molar-refractivity contribution in [2.45, 2.75) is 29.4 Å². The van der Waals surface area contributed by atoms with E-state index in [1.807, 2.05) is 12.1 Å². The number of hydrogen-bond acceptors (Lipinski definition) is 6. The predicted molar refractivity (Wildman–Crippen MR) is 98.2 cm³/mol. The lowest BCUT2D eigenvalue weighted by Gasteiger charge is -2.20. The molecule has 130 valence electrons. The number of carbonyl (C=O) groups excluding carboxylic acids is 1. The van der Waals surface area contributed by atoms with Gasteiger partial charge in [0, 0.05) is 22.6 Å². The number of hydrazine groups is 2. The van der Waals surface area contributed by atoms with Crippen LogP contribution in [0.3, 0.4) is 0 Å². The quantitative estimate of drug-likeness (QED) is 0.240. The van der Waals surface area contributed by atoms with Crippen molar-refractivity contribution in [1.29, 1.82) is 0 Å². The molecule has 1 saturated carbocycles. The monoisotopic (exact) mass is 368 g/mol. The lowest BCUT2D eigenvalue weighted by Crippen LogP contribution is -2.27. The fourth-order valence-corrected chi connectivity index (χ4v) is 4.40. The van der Waals surface area contributed by atoms with Gasteiger partial charge in [-0.2, -0.15) is 0 Å². The zero-order valence-corrected chi connectivity index (χ0v) is 15.0. The van der Waals surface area contributed by atoms with Gasteiger partial charge < -0.3 is 5.01 Å². The number of halogens is 1. The Hall–Kier alpha value is -1.61. The van der Waals surface area contributed by atoms with Gasteiger partial charge in [-0.25, -0.2) is 16.1 Å². The maximum Gasteiger partial charge on any atom is 0.221 e. The Morgan fingerprint density at radius 2 is 2.17 bits per heavy atom. The van der Waals surface area contributed by atoms with Gasteiger partial charge in [0.25, 0.3) is 0 Å². The number of anilines is 1. The molecule has 1 amide bonds. The topological polar surface area (TPSA) is 84.4 Å². The summed E-state index contributed by atoms with van der Waals surface area (Å²) in [5.74, 6) is 11.4. The normalized spacial score (nSPS) is 13.0. The van der Waals surface area contributed by atoms with Crippen molar-refractivity contribution in [3.63, 3.8) is 0 Å². The molecule has 5 N–H and O–H groups in total. The number of thiophene rings is 1. The number of nitrogens with one attached hydrogen (secondary N) is 1. The first kappa shape index (κ1) is 18.7. The molecular formula is C16H21FN4OS2. The van der Waals surface area contributed by atoms with Crippen molar-refractivity contribution in [2.75, 3.05) is 12.1 Å². The van der Waals surface area contributed by atoms with E-state index in [1.165, 1.54) is 28.3 Å². The molecule has 24 heavy (non-hydrogen) atoms. The first-order valence-corrected chi connectivity index (χ1v) is 9.30. The van der Waals surface area contributed by atoms with Crippen LogP contribution in [0.4, 0.5) is 10.1 Å². The highest BCUT2D eigenvalue weighted by Gasteiger charge is 2.29. The molecule has 0 aliphatic heterocycles. The molecule has 8 heteroatoms. The van der Waals surface area contributed by atoms with Crippen LogP contribution in [0.25, 0.3) is 0 Å². The minimum absolute atomic E-state index is 0.243. The lowest BCUT2D eigenvalue weighted by molar-refractivity contribution is -0.109. The second-order valence-corrected chi connectivity index (χ2v) is 7.37. The van der Waals surface area contributed by atoms with Crippen LogP contribution in [-0.2, 0) is 10.5 Å². The summed E-state index contributed by atoms with van der Waals surface area (Å²) in [7, 11) is 1.70. The summed E-state index contributed by atoms with van der Waals surface area (Å²) >= 11 is 3.42. The summed E-state index contributed by atoms with van der Waals surface area (Å²) < 4.78 is 14.1. The average Bonchev–Trinajstić information content (AvgIpc) is 3.28. The van der Waals surface area contributed by atoms with Crippen LogP contribution in [0.5, 0.6) is 0 Å². The maximum atomic E-state index is 14.1. The Bertz CT molecular complexity index is 660. The van der Waals surface area contributed by atoms with Crippen molar-refractivity contribution in [3.8, 4) is 0 Å². The zero-order valence-electron chi connectivity index (χ0n) is 13.4. The van der Waals surface area contributed by atoms with E-state index < -0.39 is 0 Å². The highest BCUT2D eigenvalue weighted by atomic mass is 32.2. The Labute approximate surface area is 149 Å². The number of nitrogens with zero attached hydrogens (tertiary/aromatic N) is 1. The number of nitrogens with two attached hydrogens (primary N) is 2. The van der Waals surface area contributed by atoms with Gasteiger partial charge in [0.15, 0.2) is 0 Å². The van der Waals surface area contributed by atoms with E-state index in [0.717, 1.165) is 10.6 Å². The van der Waals surface area contributed by atoms with Gasteiger partial charge in [0.1, 0.15) is 11.5 Å². The highest BCUT2D eigenvalue weighted by Crippen LogP contribution is 2.48. The van der Waals surface area contributed by atoms with E-state index >= 15 is 0 Å². The summed E-state index contributed by atoms with van der Waals surface area (Å²) in [4.78, 5) is 11.2. The van der Waals surface area contributed by atoms with Gasteiger partial charge >= 0.3 is 0 Å². The number of carbonyl (C=O) groups is 1. The Kier molecular flexibility index (Phi) is 7.04. The van der Waals surface area contributed by atoms with Gasteiger partial charge in [0.05, 0.1) is 0 Å². The van der Waals surface area contributed by atoms with Crippen LogP contribution in [-0.4, -0.2) is 13.5 Å². The minimum Gasteiger partial charge on any atom is -0.310 e. The summed E-state index contributed by atoms with van der Waals surface area (Å²) in [6.45, 7) is 0. The molecule has 5 nitrogen and oxygen atoms in total. The molecule has 0 spiro atoms. The minimum atomic E-state index is -0.243. The molecule has 3 rings (SSSR count). The first-order valence-electron chi connectivity index (χ1n) is 7.44. The fourth-order valence-electron chi connectivity index (χ4n) is 2.30. The van der Waals surface area contributed by atoms with Crippen molar-refractivity contribution < 1.29 is 9.18 Å². The molecule has 0 saturated heterocycles. The molecule has 0 bridgehead atoms. The third kappa shape index (κ3) is 4.94. The second kappa shape index (κ2) is 9.03. The van der Waals surface area contributed by atoms with Crippen LogP contribution in [0.15, 0.2) is 34.5 Å². The van der Waals surface area contributed by atoms with Crippen molar-refractivity contribution in [1.82, 2.24) is 5.43 Å². The van der Waals surface area contributed by atoms with E-state index in [0.29, 0.717) is 18.0 Å². The van der Waals surface area contributed by atoms with E-state index in [-0.39, 0.29) is 5.82 Å². The molecule has 1 aliphatic rings. The predicted octanol–water partition coefficient (Wildman–Crippen LogP) is 2.97. The van der Waals surface area contributed by atoms with Gasteiger partial charge in [-0.15, -0.1) is 23.1 Å². The molecule has 1 heterocycles. The zero-order chi connectivity index (χ0) is 17.5. The third-order valence-corrected chi connectivity index (χ3v) is 5.72. The molecular weight excluding hydrogens is 347 g/mol. The number of thioether (sulfide) groups is 1. The Balaban J connectivity index is 0.000000471. The van der Waals surface area contributed by atoms with Gasteiger partial charge in [-0.1, -0.05) is 12.1 Å². The molecule has 1 aromatic heterocycles. The number of rotatable bonds is 6. The number of hydrogen-bond donors (Lipinski definition) is 3. The van der Waals surface area contributed by atoms with Crippen LogP contribution in [0.1, 0.15) is 29.2 Å². The summed E-state index contributed by atoms with van der Waals surface area (Å²) in [5.41, 5.74) is 3.52. The van der Waals surface area contributed by atoms with Gasteiger partial charge in [0.2, 0.25) is 6.41 Å². The Morgan fingerprint density at radius 1 is 1.46 bits per heavy atom. The van der Waals surface area contributed by atoms with E-state index in [4.69, 9.17) is 10.6 Å². The van der Waals surface area contributed by atoms with Gasteiger partial charge in [-0.05, 0) is 41.8 Å². The molecule has 2 aromatic rings. The molecule has 1 fully saturated rings. The van der Waals surface area contributed by atoms with Crippen LogP contribution in [0, 0.1) is 5.82 Å². The molecule has 0 unspecified atom stereocenters. The Morgan fingerprint density at radius 3 is 2.67 bits per heavy atom. The summed E-state index contributed by atoms with van der Waals surface area (Å²) in [5, 5.41) is 3.47. The number of amides is 1. The number of benzene rings is 1. The molecule has 0 radical (unpaired) electrons. The molecule has 0 atom stereocenters.